The molecule has 3 heterocycles. The Morgan fingerprint density at radius 3 is 2.33 bits per heavy atom. The molecule has 14 nitrogen and oxygen atoms in total. The van der Waals surface area contributed by atoms with Crippen molar-refractivity contribution >= 4 is 23.4 Å². The molecule has 0 radical (unpaired) electrons. The van der Waals surface area contributed by atoms with Crippen LogP contribution in [-0.2, 0) is 42.9 Å². The molecule has 0 spiro atoms. The number of hydrogen-bond acceptors (Lipinski definition) is 13. The summed E-state index contributed by atoms with van der Waals surface area (Å²) in [5.41, 5.74) is 1.54. The predicted molar refractivity (Wildman–Crippen MR) is 211 cm³/mol. The fourth-order valence-corrected chi connectivity index (χ4v) is 9.09. The highest BCUT2D eigenvalue weighted by atomic mass is 16.7. The second-order valence-electron chi connectivity index (χ2n) is 16.9. The molecule has 14 atom stereocenters. The molecular weight excluding hydrogens is 736 g/mol. The Morgan fingerprint density at radius 1 is 0.982 bits per heavy atom. The number of esters is 1. The van der Waals surface area contributed by atoms with Gasteiger partial charge in [0.1, 0.15) is 30.3 Å². The number of hydrogen-bond donors (Lipinski definition) is 4. The maximum Gasteiger partial charge on any atom is 0.329 e. The van der Waals surface area contributed by atoms with Gasteiger partial charge in [-0.15, -0.1) is 6.58 Å². The Bertz CT molecular complexity index is 1480. The van der Waals surface area contributed by atoms with Crippen molar-refractivity contribution in [3.63, 3.8) is 0 Å². The molecule has 0 unspecified atom stereocenters. The second kappa shape index (κ2) is 20.9. The lowest BCUT2D eigenvalue weighted by atomic mass is 9.81. The molecule has 1 aliphatic carbocycles. The van der Waals surface area contributed by atoms with Crippen LogP contribution in [0.25, 0.3) is 0 Å². The van der Waals surface area contributed by atoms with E-state index in [4.69, 9.17) is 23.7 Å². The number of nitrogens with one attached hydrogen (secondary N) is 1. The summed E-state index contributed by atoms with van der Waals surface area (Å²) in [6.07, 6.45) is 3.73. The van der Waals surface area contributed by atoms with Crippen molar-refractivity contribution in [3.8, 4) is 0 Å². The number of amides is 1. The molecule has 57 heavy (non-hydrogen) atoms. The van der Waals surface area contributed by atoms with Crippen LogP contribution in [0.2, 0.25) is 0 Å². The molecule has 4 aliphatic rings. The van der Waals surface area contributed by atoms with E-state index in [2.05, 4.69) is 11.9 Å². The Kier molecular flexibility index (Phi) is 17.2. The van der Waals surface area contributed by atoms with Crippen LogP contribution in [0.4, 0.5) is 0 Å². The van der Waals surface area contributed by atoms with Crippen LogP contribution < -0.4 is 5.32 Å². The largest absolute Gasteiger partial charge is 0.456 e. The van der Waals surface area contributed by atoms with Crippen LogP contribution >= 0.6 is 0 Å². The molecule has 322 valence electrons. The Labute approximate surface area is 338 Å². The molecular formula is C43H68N2O12. The number of cyclic esters (lactones) is 1. The summed E-state index contributed by atoms with van der Waals surface area (Å²) in [6.45, 7) is 12.9. The van der Waals surface area contributed by atoms with Gasteiger partial charge < -0.3 is 43.9 Å². The number of piperidine rings is 1. The molecule has 0 aromatic carbocycles. The number of fused-ring (bicyclic) bond motifs is 3. The number of rotatable bonds is 7. The first-order valence-electron chi connectivity index (χ1n) is 20.6. The molecule has 2 saturated heterocycles. The van der Waals surface area contributed by atoms with E-state index < -0.39 is 84.0 Å². The molecule has 4 N–H and O–H groups in total. The third kappa shape index (κ3) is 11.3. The number of nitrogens with zero attached hydrogens (tertiary/aromatic N) is 1. The highest BCUT2D eigenvalue weighted by Crippen LogP contribution is 2.38. The van der Waals surface area contributed by atoms with Crippen molar-refractivity contribution in [3.05, 3.63) is 36.0 Å². The van der Waals surface area contributed by atoms with Crippen LogP contribution in [-0.4, -0.2) is 132 Å². The van der Waals surface area contributed by atoms with E-state index in [1.165, 1.54) is 14.2 Å². The minimum atomic E-state index is -2.55. The van der Waals surface area contributed by atoms with Gasteiger partial charge in [-0.1, -0.05) is 37.6 Å². The molecule has 0 aromatic rings. The number of methoxy groups -OCH3 is 3. The SMILES string of the molecule is C=CC[C@@H]1/C=C(\C)C[C@H](C)N[C@H](OC)[C@H]2O[C@@](O)(C(=O)C(=O)N3CCCC[C@H]3C(=O)O[C@H](/C(C)=C/[C@@H]3CC[C@@H](O)[C@H](OC)C3)[C@H](C)[C@@H](O)CC1=O)[C@H](C)C[C@@H]2OC. The van der Waals surface area contributed by atoms with Crippen LogP contribution in [0.15, 0.2) is 36.0 Å². The minimum absolute atomic E-state index is 0.0158. The summed E-state index contributed by atoms with van der Waals surface area (Å²) in [5, 5.41) is 37.5. The lowest BCUT2D eigenvalue weighted by Gasteiger charge is -2.47. The fraction of sp³-hybridized carbons (Fsp3) is 0.767. The van der Waals surface area contributed by atoms with Gasteiger partial charge in [0.25, 0.3) is 11.7 Å². The molecule has 3 fully saturated rings. The first kappa shape index (κ1) is 46.9. The number of Topliss-reactive ketones (excluding diaryl/α,β-unsaturated/α-hetero) is 2. The standard InChI is InChI=1S/C43H68N2O12/c1-10-13-30-19-24(2)18-27(5)44-40(55-9)38-36(54-8)21-26(4)43(52,57-38)39(49)41(50)45-17-12-11-14-31(45)42(51)56-37(28(6)33(47)23-34(30)48)25(3)20-29-15-16-32(46)35(22-29)53-7/h10,19-20,26-33,35-38,40,44,46-47,52H,1,11-18,21-23H2,2-9H3/b24-19+,25-20+/t26-,27+,28-,29+,30-,31+,32-,33+,35-,36+,37-,38+,40-,43-/m1/s1. The monoisotopic (exact) mass is 804 g/mol. The third-order valence-corrected chi connectivity index (χ3v) is 12.5. The number of aliphatic hydroxyl groups is 3. The van der Waals surface area contributed by atoms with E-state index in [1.54, 1.807) is 34.0 Å². The zero-order valence-electron chi connectivity index (χ0n) is 35.2. The van der Waals surface area contributed by atoms with Crippen molar-refractivity contribution in [1.29, 1.82) is 0 Å². The number of aliphatic hydroxyl groups excluding tert-OH is 2. The van der Waals surface area contributed by atoms with E-state index >= 15 is 0 Å². The van der Waals surface area contributed by atoms with Gasteiger partial charge in [-0.25, -0.2) is 4.79 Å². The van der Waals surface area contributed by atoms with Gasteiger partial charge in [-0.05, 0) is 90.0 Å². The van der Waals surface area contributed by atoms with Crippen LogP contribution in [0.5, 0.6) is 0 Å². The number of carbonyl (C=O) groups is 4. The first-order chi connectivity index (χ1) is 27.0. The molecule has 4 rings (SSSR count). The quantitative estimate of drug-likeness (QED) is 0.166. The zero-order valence-corrected chi connectivity index (χ0v) is 35.2. The van der Waals surface area contributed by atoms with Gasteiger partial charge in [0.15, 0.2) is 0 Å². The highest BCUT2D eigenvalue weighted by Gasteiger charge is 2.56. The average molecular weight is 805 g/mol. The van der Waals surface area contributed by atoms with Gasteiger partial charge in [-0.2, -0.15) is 0 Å². The zero-order chi connectivity index (χ0) is 42.2. The van der Waals surface area contributed by atoms with Crippen molar-refractivity contribution < 1.29 is 58.2 Å². The Balaban J connectivity index is 1.78. The summed E-state index contributed by atoms with van der Waals surface area (Å²) >= 11 is 0. The van der Waals surface area contributed by atoms with Crippen molar-refractivity contribution in [1.82, 2.24) is 10.2 Å². The predicted octanol–water partition coefficient (Wildman–Crippen LogP) is 3.55. The van der Waals surface area contributed by atoms with Crippen molar-refractivity contribution in [2.24, 2.45) is 23.7 Å². The average Bonchev–Trinajstić information content (AvgIpc) is 3.18. The van der Waals surface area contributed by atoms with Gasteiger partial charge in [0, 0.05) is 58.1 Å². The maximum absolute atomic E-state index is 14.3. The van der Waals surface area contributed by atoms with Crippen LogP contribution in [0.1, 0.15) is 98.8 Å². The fourth-order valence-electron chi connectivity index (χ4n) is 9.09. The van der Waals surface area contributed by atoms with Crippen molar-refractivity contribution in [2.45, 2.75) is 160 Å². The first-order valence-corrected chi connectivity index (χ1v) is 20.6. The van der Waals surface area contributed by atoms with E-state index in [9.17, 15) is 34.5 Å². The van der Waals surface area contributed by atoms with Crippen molar-refractivity contribution in [2.75, 3.05) is 27.9 Å². The van der Waals surface area contributed by atoms with E-state index in [0.717, 1.165) is 10.5 Å². The number of allylic oxidation sites excluding steroid dienone is 3. The van der Waals surface area contributed by atoms with E-state index in [-0.39, 0.29) is 49.7 Å². The highest BCUT2D eigenvalue weighted by molar-refractivity contribution is 6.39. The summed E-state index contributed by atoms with van der Waals surface area (Å²) < 4.78 is 29.5. The van der Waals surface area contributed by atoms with Gasteiger partial charge in [0.05, 0.1) is 24.4 Å². The second-order valence-corrected chi connectivity index (χ2v) is 16.9. The molecule has 14 heteroatoms. The van der Waals surface area contributed by atoms with Gasteiger partial charge in [-0.3, -0.25) is 19.7 Å². The summed E-state index contributed by atoms with van der Waals surface area (Å²) in [7, 11) is 4.52. The molecule has 0 aromatic heterocycles. The lowest BCUT2D eigenvalue weighted by Crippen LogP contribution is -2.66. The number of ketones is 2. The topological polar surface area (TPSA) is 190 Å². The third-order valence-electron chi connectivity index (χ3n) is 12.5. The molecule has 3 aliphatic heterocycles. The summed E-state index contributed by atoms with van der Waals surface area (Å²) in [6, 6.07) is -1.40. The van der Waals surface area contributed by atoms with E-state index in [0.29, 0.717) is 50.5 Å². The van der Waals surface area contributed by atoms with Gasteiger partial charge >= 0.3 is 5.97 Å². The number of carbonyl (C=O) groups excluding carboxylic acids is 4. The lowest BCUT2D eigenvalue weighted by molar-refractivity contribution is -0.304. The summed E-state index contributed by atoms with van der Waals surface area (Å²) in [5.74, 6) is -7.96. The Morgan fingerprint density at radius 2 is 1.68 bits per heavy atom. The maximum atomic E-state index is 14.3. The molecule has 1 saturated carbocycles. The Hall–Kier alpha value is -2.82. The van der Waals surface area contributed by atoms with E-state index in [1.807, 2.05) is 26.0 Å². The minimum Gasteiger partial charge on any atom is -0.456 e. The normalized spacial score (nSPS) is 41.0. The molecule has 1 amide bonds. The van der Waals surface area contributed by atoms with Crippen LogP contribution in [0.3, 0.4) is 0 Å². The molecule has 2 bridgehead atoms. The smallest absolute Gasteiger partial charge is 0.329 e. The number of ether oxygens (including phenoxy) is 5. The summed E-state index contributed by atoms with van der Waals surface area (Å²) in [4.78, 5) is 57.7. The van der Waals surface area contributed by atoms with Crippen LogP contribution in [0, 0.1) is 23.7 Å². The van der Waals surface area contributed by atoms with Gasteiger partial charge in [0.2, 0.25) is 5.79 Å².